The molecule has 0 spiro atoms. The van der Waals surface area contributed by atoms with E-state index in [2.05, 4.69) is 26.8 Å². The van der Waals surface area contributed by atoms with Crippen LogP contribution in [0.4, 0.5) is 5.69 Å². The minimum Gasteiger partial charge on any atom is -0.398 e. The van der Waals surface area contributed by atoms with E-state index in [1.54, 1.807) is 24.3 Å². The van der Waals surface area contributed by atoms with Crippen LogP contribution in [0.2, 0.25) is 0 Å². The van der Waals surface area contributed by atoms with Gasteiger partial charge in [0, 0.05) is 17.5 Å². The molecule has 0 unspecified atom stereocenters. The maximum atomic E-state index is 11.5. The number of hydrogen-bond donors (Lipinski definition) is 1. The van der Waals surface area contributed by atoms with Gasteiger partial charge in [-0.25, -0.2) is 8.42 Å². The van der Waals surface area contributed by atoms with Gasteiger partial charge < -0.3 is 5.73 Å². The zero-order valence-electron chi connectivity index (χ0n) is 12.8. The zero-order chi connectivity index (χ0) is 15.8. The molecule has 0 aliphatic carbocycles. The molecule has 0 fully saturated rings. The van der Waals surface area contributed by atoms with Gasteiger partial charge in [0.25, 0.3) is 0 Å². The molecule has 0 aliphatic heterocycles. The van der Waals surface area contributed by atoms with Gasteiger partial charge in [0.15, 0.2) is 9.84 Å². The third kappa shape index (κ3) is 3.45. The first kappa shape index (κ1) is 15.6. The van der Waals surface area contributed by atoms with Crippen LogP contribution in [0.1, 0.15) is 26.3 Å². The average molecular weight is 303 g/mol. The van der Waals surface area contributed by atoms with Gasteiger partial charge in [-0.2, -0.15) is 0 Å². The molecule has 0 saturated carbocycles. The molecule has 0 heterocycles. The molecule has 0 saturated heterocycles. The molecule has 21 heavy (non-hydrogen) atoms. The van der Waals surface area contributed by atoms with Crippen LogP contribution in [0.5, 0.6) is 0 Å². The number of nitrogens with two attached hydrogens (primary N) is 1. The molecular formula is C17H21NO2S. The van der Waals surface area contributed by atoms with Crippen molar-refractivity contribution in [1.82, 2.24) is 0 Å². The van der Waals surface area contributed by atoms with Gasteiger partial charge in [-0.1, -0.05) is 45.0 Å². The fourth-order valence-electron chi connectivity index (χ4n) is 2.17. The van der Waals surface area contributed by atoms with Gasteiger partial charge in [0.1, 0.15) is 0 Å². The first-order valence-corrected chi connectivity index (χ1v) is 8.69. The van der Waals surface area contributed by atoms with Gasteiger partial charge >= 0.3 is 0 Å². The van der Waals surface area contributed by atoms with E-state index in [9.17, 15) is 8.42 Å². The highest BCUT2D eigenvalue weighted by Gasteiger charge is 2.15. The predicted octanol–water partition coefficient (Wildman–Crippen LogP) is 3.64. The summed E-state index contributed by atoms with van der Waals surface area (Å²) in [5, 5.41) is 0. The van der Waals surface area contributed by atoms with E-state index in [1.165, 1.54) is 11.8 Å². The van der Waals surface area contributed by atoms with Crippen LogP contribution in [0.25, 0.3) is 11.1 Å². The molecule has 0 aliphatic rings. The van der Waals surface area contributed by atoms with Crippen molar-refractivity contribution in [3.63, 3.8) is 0 Å². The van der Waals surface area contributed by atoms with Crippen molar-refractivity contribution in [3.05, 3.63) is 48.0 Å². The SMILES string of the molecule is CC(C)(C)c1ccc(-c2ccc(S(C)(=O)=O)cc2)c(N)c1. The second-order valence-corrected chi connectivity index (χ2v) is 8.36. The fourth-order valence-corrected chi connectivity index (χ4v) is 2.80. The van der Waals surface area contributed by atoms with Gasteiger partial charge in [-0.05, 0) is 34.7 Å². The quantitative estimate of drug-likeness (QED) is 0.862. The Morgan fingerprint density at radius 2 is 1.52 bits per heavy atom. The van der Waals surface area contributed by atoms with E-state index in [0.29, 0.717) is 10.6 Å². The highest BCUT2D eigenvalue weighted by molar-refractivity contribution is 7.90. The lowest BCUT2D eigenvalue weighted by molar-refractivity contribution is 0.590. The van der Waals surface area contributed by atoms with Crippen LogP contribution >= 0.6 is 0 Å². The molecule has 0 radical (unpaired) electrons. The molecular weight excluding hydrogens is 282 g/mol. The number of rotatable bonds is 2. The topological polar surface area (TPSA) is 60.2 Å². The minimum absolute atomic E-state index is 0.0484. The lowest BCUT2D eigenvalue weighted by atomic mass is 9.85. The Kier molecular flexibility index (Phi) is 3.85. The second-order valence-electron chi connectivity index (χ2n) is 6.35. The Bertz CT molecular complexity index is 754. The number of sulfone groups is 1. The highest BCUT2D eigenvalue weighted by atomic mass is 32.2. The van der Waals surface area contributed by atoms with Crippen molar-refractivity contribution in [3.8, 4) is 11.1 Å². The van der Waals surface area contributed by atoms with Crippen LogP contribution in [0, 0.1) is 0 Å². The van der Waals surface area contributed by atoms with E-state index in [4.69, 9.17) is 5.73 Å². The summed E-state index contributed by atoms with van der Waals surface area (Å²) in [5.74, 6) is 0. The molecule has 0 aromatic heterocycles. The van der Waals surface area contributed by atoms with Gasteiger partial charge in [0.05, 0.1) is 4.90 Å². The summed E-state index contributed by atoms with van der Waals surface area (Å²) >= 11 is 0. The predicted molar refractivity (Wildman–Crippen MR) is 88.1 cm³/mol. The van der Waals surface area contributed by atoms with Crippen LogP contribution < -0.4 is 5.73 Å². The first-order valence-electron chi connectivity index (χ1n) is 6.79. The highest BCUT2D eigenvalue weighted by Crippen LogP contribution is 2.31. The van der Waals surface area contributed by atoms with E-state index in [0.717, 1.165) is 11.1 Å². The Labute approximate surface area is 126 Å². The Hall–Kier alpha value is -1.81. The van der Waals surface area contributed by atoms with Crippen LogP contribution in [0.15, 0.2) is 47.4 Å². The summed E-state index contributed by atoms with van der Waals surface area (Å²) in [5.41, 5.74) is 9.92. The number of nitrogen functional groups attached to an aromatic ring is 1. The molecule has 4 heteroatoms. The van der Waals surface area contributed by atoms with E-state index < -0.39 is 9.84 Å². The monoisotopic (exact) mass is 303 g/mol. The van der Waals surface area contributed by atoms with Crippen LogP contribution in [-0.2, 0) is 15.3 Å². The van der Waals surface area contributed by atoms with Crippen molar-refractivity contribution in [2.24, 2.45) is 0 Å². The maximum Gasteiger partial charge on any atom is 0.175 e. The van der Waals surface area contributed by atoms with E-state index in [-0.39, 0.29) is 5.41 Å². The largest absolute Gasteiger partial charge is 0.398 e. The molecule has 0 bridgehead atoms. The van der Waals surface area contributed by atoms with Crippen molar-refractivity contribution in [1.29, 1.82) is 0 Å². The summed E-state index contributed by atoms with van der Waals surface area (Å²) in [6, 6.07) is 12.8. The number of hydrogen-bond acceptors (Lipinski definition) is 3. The molecule has 3 nitrogen and oxygen atoms in total. The number of benzene rings is 2. The van der Waals surface area contributed by atoms with E-state index in [1.807, 2.05) is 12.1 Å². The number of anilines is 1. The standard InChI is InChI=1S/C17H21NO2S/c1-17(2,3)13-7-10-15(16(18)11-13)12-5-8-14(9-6-12)21(4,19)20/h5-11H,18H2,1-4H3. The average Bonchev–Trinajstić information content (AvgIpc) is 2.36. The lowest BCUT2D eigenvalue weighted by Crippen LogP contribution is -2.11. The Balaban J connectivity index is 2.44. The molecule has 2 N–H and O–H groups in total. The molecule has 0 amide bonds. The summed E-state index contributed by atoms with van der Waals surface area (Å²) < 4.78 is 23.0. The van der Waals surface area contributed by atoms with E-state index >= 15 is 0 Å². The van der Waals surface area contributed by atoms with Crippen LogP contribution in [-0.4, -0.2) is 14.7 Å². The minimum atomic E-state index is -3.17. The molecule has 2 rings (SSSR count). The van der Waals surface area contributed by atoms with Gasteiger partial charge in [-0.3, -0.25) is 0 Å². The maximum absolute atomic E-state index is 11.5. The zero-order valence-corrected chi connectivity index (χ0v) is 13.7. The normalized spacial score (nSPS) is 12.4. The smallest absolute Gasteiger partial charge is 0.175 e. The first-order chi connectivity index (χ1) is 9.59. The summed E-state index contributed by atoms with van der Waals surface area (Å²) in [6.07, 6.45) is 1.20. The third-order valence-electron chi connectivity index (χ3n) is 3.51. The fraction of sp³-hybridized carbons (Fsp3) is 0.294. The second kappa shape index (κ2) is 5.19. The van der Waals surface area contributed by atoms with Crippen LogP contribution in [0.3, 0.4) is 0 Å². The Morgan fingerprint density at radius 3 is 1.95 bits per heavy atom. The summed E-state index contributed by atoms with van der Waals surface area (Å²) in [4.78, 5) is 0.316. The summed E-state index contributed by atoms with van der Waals surface area (Å²) in [6.45, 7) is 6.42. The molecule has 0 atom stereocenters. The molecule has 112 valence electrons. The van der Waals surface area contributed by atoms with Crippen molar-refractivity contribution in [2.45, 2.75) is 31.1 Å². The molecule has 2 aromatic rings. The van der Waals surface area contributed by atoms with Gasteiger partial charge in [-0.15, -0.1) is 0 Å². The van der Waals surface area contributed by atoms with Gasteiger partial charge in [0.2, 0.25) is 0 Å². The van der Waals surface area contributed by atoms with Crippen molar-refractivity contribution in [2.75, 3.05) is 12.0 Å². The molecule has 2 aromatic carbocycles. The third-order valence-corrected chi connectivity index (χ3v) is 4.64. The van der Waals surface area contributed by atoms with Crippen molar-refractivity contribution < 1.29 is 8.42 Å². The summed E-state index contributed by atoms with van der Waals surface area (Å²) in [7, 11) is -3.17. The van der Waals surface area contributed by atoms with Crippen molar-refractivity contribution >= 4 is 15.5 Å². The Morgan fingerprint density at radius 1 is 0.952 bits per heavy atom. The lowest BCUT2D eigenvalue weighted by Gasteiger charge is -2.20.